The number of hydrogen-bond donors (Lipinski definition) is 0. The molecule has 35 heavy (non-hydrogen) atoms. The van der Waals surface area contributed by atoms with E-state index in [1.165, 1.54) is 19.2 Å². The van der Waals surface area contributed by atoms with Gasteiger partial charge >= 0.3 is 6.18 Å². The van der Waals surface area contributed by atoms with Crippen molar-refractivity contribution >= 4 is 19.8 Å². The van der Waals surface area contributed by atoms with Gasteiger partial charge in [0.25, 0.3) is 0 Å². The van der Waals surface area contributed by atoms with E-state index in [0.717, 1.165) is 33.6 Å². The van der Waals surface area contributed by atoms with E-state index >= 15 is 0 Å². The summed E-state index contributed by atoms with van der Waals surface area (Å²) < 4.78 is 66.5. The molecular weight excluding hydrogens is 480 g/mol. The smallest absolute Gasteiger partial charge is 0.416 e. The third-order valence-corrected chi connectivity index (χ3v) is 5.99. The van der Waals surface area contributed by atoms with Crippen LogP contribution in [-0.2, 0) is 12.8 Å². The van der Waals surface area contributed by atoms with Gasteiger partial charge in [0.1, 0.15) is 23.7 Å². The van der Waals surface area contributed by atoms with Crippen LogP contribution in [0, 0.1) is 4.94 Å². The van der Waals surface area contributed by atoms with Crippen molar-refractivity contribution in [2.45, 2.75) is 12.8 Å². The van der Waals surface area contributed by atoms with E-state index in [4.69, 9.17) is 23.4 Å². The van der Waals surface area contributed by atoms with Crippen LogP contribution in [0.4, 0.5) is 13.2 Å². The first-order chi connectivity index (χ1) is 16.7. The van der Waals surface area contributed by atoms with Gasteiger partial charge in [-0.15, -0.1) is 8.86 Å². The number of halogens is 3. The molecule has 0 spiro atoms. The average molecular weight is 502 g/mol. The summed E-state index contributed by atoms with van der Waals surface area (Å²) in [6, 6.07) is 13.7. The standard InChI is InChI=1S/C26H22F3O5P/c1-30-18-11-22(32-3)24-23(12-18)34-14-19(25(24)35)16-6-9-20(31-2)21(10-16)33-13-15-4-7-17(8-5-15)26(27,28)29/h4-12,14,35H,13H2,1-3H3. The molecule has 0 N–H and O–H groups in total. The van der Waals surface area contributed by atoms with Crippen molar-refractivity contribution < 1.29 is 36.5 Å². The van der Waals surface area contributed by atoms with Crippen molar-refractivity contribution in [3.05, 3.63) is 76.9 Å². The highest BCUT2D eigenvalue weighted by Crippen LogP contribution is 2.39. The molecule has 1 aromatic heterocycles. The number of methoxy groups -OCH3 is 3. The summed E-state index contributed by atoms with van der Waals surface area (Å²) in [5, 5.41) is 0.727. The predicted octanol–water partition coefficient (Wildman–Crippen LogP) is 7.40. The van der Waals surface area contributed by atoms with E-state index < -0.39 is 11.7 Å². The van der Waals surface area contributed by atoms with Gasteiger partial charge in [-0.2, -0.15) is 13.2 Å². The summed E-state index contributed by atoms with van der Waals surface area (Å²) in [5.41, 5.74) is 1.95. The van der Waals surface area contributed by atoms with Crippen LogP contribution >= 0.6 is 8.86 Å². The zero-order valence-corrected chi connectivity index (χ0v) is 20.2. The van der Waals surface area contributed by atoms with E-state index in [-0.39, 0.29) is 6.61 Å². The van der Waals surface area contributed by atoms with Crippen LogP contribution in [0.5, 0.6) is 23.0 Å². The fraction of sp³-hybridized carbons (Fsp3) is 0.192. The summed E-state index contributed by atoms with van der Waals surface area (Å²) in [6.07, 6.45) is -2.78. The SMILES string of the molecule is COc1cc(OC)c2c(=P)c(-c3ccc(OC)c(OCc4ccc(C(F)(F)F)cc4)c3)coc2c1. The molecular formula is C26H22F3O5P. The van der Waals surface area contributed by atoms with Gasteiger partial charge in [-0.1, -0.05) is 18.2 Å². The molecule has 3 aromatic carbocycles. The van der Waals surface area contributed by atoms with E-state index in [1.54, 1.807) is 44.7 Å². The number of alkyl halides is 3. The highest BCUT2D eigenvalue weighted by Gasteiger charge is 2.29. The van der Waals surface area contributed by atoms with E-state index in [0.29, 0.717) is 34.1 Å². The number of ether oxygens (including phenoxy) is 4. The minimum atomic E-state index is -4.39. The quantitative estimate of drug-likeness (QED) is 0.247. The topological polar surface area (TPSA) is 50.1 Å². The first kappa shape index (κ1) is 24.5. The Labute approximate surface area is 201 Å². The fourth-order valence-electron chi connectivity index (χ4n) is 3.62. The molecule has 0 atom stereocenters. The zero-order valence-electron chi connectivity index (χ0n) is 19.2. The second kappa shape index (κ2) is 9.92. The van der Waals surface area contributed by atoms with Crippen LogP contribution in [0.3, 0.4) is 0 Å². The minimum absolute atomic E-state index is 0.0639. The van der Waals surface area contributed by atoms with Gasteiger partial charge in [-0.3, -0.25) is 0 Å². The molecule has 182 valence electrons. The lowest BCUT2D eigenvalue weighted by Gasteiger charge is -2.14. The maximum absolute atomic E-state index is 12.8. The maximum atomic E-state index is 12.8. The van der Waals surface area contributed by atoms with Crippen molar-refractivity contribution in [2.75, 3.05) is 21.3 Å². The summed E-state index contributed by atoms with van der Waals surface area (Å²) in [4.78, 5) is 0.740. The monoisotopic (exact) mass is 502 g/mol. The summed E-state index contributed by atoms with van der Waals surface area (Å²) in [5.74, 6) is 2.08. The number of rotatable bonds is 7. The Hall–Kier alpha value is -3.64. The van der Waals surface area contributed by atoms with Gasteiger partial charge < -0.3 is 23.4 Å². The van der Waals surface area contributed by atoms with Gasteiger partial charge in [0.2, 0.25) is 0 Å². The Morgan fingerprint density at radius 1 is 0.829 bits per heavy atom. The molecule has 0 fully saturated rings. The summed E-state index contributed by atoms with van der Waals surface area (Å²) in [6.45, 7) is 0.0639. The normalized spacial score (nSPS) is 11.4. The third-order valence-electron chi connectivity index (χ3n) is 5.47. The summed E-state index contributed by atoms with van der Waals surface area (Å²) >= 11 is 0. The van der Waals surface area contributed by atoms with Crippen molar-refractivity contribution in [1.82, 2.24) is 0 Å². The molecule has 9 heteroatoms. The molecule has 0 saturated carbocycles. The van der Waals surface area contributed by atoms with Gasteiger partial charge in [0.15, 0.2) is 11.5 Å². The van der Waals surface area contributed by atoms with E-state index in [1.807, 2.05) is 6.07 Å². The molecule has 4 rings (SSSR count). The van der Waals surface area contributed by atoms with Crippen molar-refractivity contribution in [3.8, 4) is 34.1 Å². The lowest BCUT2D eigenvalue weighted by Crippen LogP contribution is -2.05. The van der Waals surface area contributed by atoms with Gasteiger partial charge in [-0.25, -0.2) is 0 Å². The third kappa shape index (κ3) is 5.08. The molecule has 0 bridgehead atoms. The molecule has 5 nitrogen and oxygen atoms in total. The molecule has 0 unspecified atom stereocenters. The Kier molecular flexibility index (Phi) is 6.94. The predicted molar refractivity (Wildman–Crippen MR) is 129 cm³/mol. The van der Waals surface area contributed by atoms with Gasteiger partial charge in [0.05, 0.1) is 38.5 Å². The molecule has 4 aromatic rings. The Bertz CT molecular complexity index is 1410. The lowest BCUT2D eigenvalue weighted by molar-refractivity contribution is -0.137. The molecule has 0 aliphatic heterocycles. The van der Waals surface area contributed by atoms with Crippen LogP contribution in [0.2, 0.25) is 0 Å². The largest absolute Gasteiger partial charge is 0.496 e. The van der Waals surface area contributed by atoms with Crippen LogP contribution in [-0.4, -0.2) is 21.3 Å². The number of fused-ring (bicyclic) bond motifs is 1. The highest BCUT2D eigenvalue weighted by atomic mass is 31.0. The zero-order chi connectivity index (χ0) is 25.2. The molecule has 1 heterocycles. The van der Waals surface area contributed by atoms with E-state index in [2.05, 4.69) is 8.86 Å². The fourth-order valence-corrected chi connectivity index (χ4v) is 4.07. The first-order valence-electron chi connectivity index (χ1n) is 10.4. The Balaban J connectivity index is 1.68. The molecule has 0 amide bonds. The molecule has 0 saturated heterocycles. The lowest BCUT2D eigenvalue weighted by atomic mass is 10.0. The van der Waals surface area contributed by atoms with Gasteiger partial charge in [0, 0.05) is 22.6 Å². The van der Waals surface area contributed by atoms with Crippen molar-refractivity contribution in [2.24, 2.45) is 0 Å². The molecule has 0 aliphatic carbocycles. The number of hydrogen-bond acceptors (Lipinski definition) is 5. The average Bonchev–Trinajstić information content (AvgIpc) is 2.86. The first-order valence-corrected chi connectivity index (χ1v) is 10.9. The number of benzene rings is 3. The Morgan fingerprint density at radius 2 is 1.54 bits per heavy atom. The van der Waals surface area contributed by atoms with Crippen LogP contribution in [0.15, 0.2) is 65.3 Å². The summed E-state index contributed by atoms with van der Waals surface area (Å²) in [7, 11) is 8.37. The van der Waals surface area contributed by atoms with Crippen LogP contribution in [0.1, 0.15) is 11.1 Å². The van der Waals surface area contributed by atoms with Crippen LogP contribution in [0.25, 0.3) is 22.1 Å². The van der Waals surface area contributed by atoms with Crippen molar-refractivity contribution in [3.63, 3.8) is 0 Å². The minimum Gasteiger partial charge on any atom is -0.496 e. The van der Waals surface area contributed by atoms with Crippen LogP contribution < -0.4 is 18.9 Å². The second-order valence-electron chi connectivity index (χ2n) is 7.58. The molecule has 0 aliphatic rings. The second-order valence-corrected chi connectivity index (χ2v) is 8.08. The van der Waals surface area contributed by atoms with E-state index in [9.17, 15) is 13.2 Å². The molecule has 0 radical (unpaired) electrons. The maximum Gasteiger partial charge on any atom is 0.416 e. The Morgan fingerprint density at radius 3 is 2.17 bits per heavy atom. The van der Waals surface area contributed by atoms with Gasteiger partial charge in [-0.05, 0) is 35.4 Å². The van der Waals surface area contributed by atoms with Crippen molar-refractivity contribution in [1.29, 1.82) is 0 Å². The highest BCUT2D eigenvalue weighted by molar-refractivity contribution is 7.07.